The Morgan fingerprint density at radius 1 is 1.43 bits per heavy atom. The number of halogens is 1. The van der Waals surface area contributed by atoms with Crippen LogP contribution >= 0.6 is 11.6 Å². The molecule has 0 saturated heterocycles. The van der Waals surface area contributed by atoms with Crippen LogP contribution in [0.2, 0.25) is 5.15 Å². The number of aliphatic hydroxyl groups excluding tert-OH is 1. The molecule has 0 aromatic carbocycles. The van der Waals surface area contributed by atoms with Crippen molar-refractivity contribution in [2.45, 2.75) is 6.42 Å². The zero-order valence-electron chi connectivity index (χ0n) is 7.31. The third-order valence-electron chi connectivity index (χ3n) is 1.98. The maximum absolute atomic E-state index is 9.28. The summed E-state index contributed by atoms with van der Waals surface area (Å²) in [5.41, 5.74) is 0.730. The SMILES string of the molecule is OCCc1nc(Cl)c2ccc(O)cn12. The molecule has 4 nitrogen and oxygen atoms in total. The fourth-order valence-corrected chi connectivity index (χ4v) is 1.62. The molecule has 0 unspecified atom stereocenters. The van der Waals surface area contributed by atoms with Gasteiger partial charge in [-0.05, 0) is 12.1 Å². The van der Waals surface area contributed by atoms with Crippen molar-refractivity contribution in [2.24, 2.45) is 0 Å². The van der Waals surface area contributed by atoms with Crippen LogP contribution in [0, 0.1) is 0 Å². The Kier molecular flexibility index (Phi) is 2.31. The smallest absolute Gasteiger partial charge is 0.155 e. The lowest BCUT2D eigenvalue weighted by Gasteiger charge is -1.99. The number of aliphatic hydroxyl groups is 1. The number of fused-ring (bicyclic) bond motifs is 1. The average molecular weight is 213 g/mol. The number of pyridine rings is 1. The van der Waals surface area contributed by atoms with Crippen LogP contribution in [0.5, 0.6) is 5.75 Å². The molecule has 0 amide bonds. The molecule has 0 radical (unpaired) electrons. The summed E-state index contributed by atoms with van der Waals surface area (Å²) < 4.78 is 1.67. The number of imidazole rings is 1. The largest absolute Gasteiger partial charge is 0.506 e. The second-order valence-corrected chi connectivity index (χ2v) is 3.29. The molecule has 0 saturated carbocycles. The van der Waals surface area contributed by atoms with Gasteiger partial charge in [0.2, 0.25) is 0 Å². The summed E-state index contributed by atoms with van der Waals surface area (Å²) in [6, 6.07) is 3.23. The van der Waals surface area contributed by atoms with E-state index in [-0.39, 0.29) is 12.4 Å². The Bertz CT molecular complexity index is 467. The van der Waals surface area contributed by atoms with Gasteiger partial charge in [-0.15, -0.1) is 0 Å². The molecule has 0 bridgehead atoms. The van der Waals surface area contributed by atoms with E-state index < -0.39 is 0 Å². The first-order valence-electron chi connectivity index (χ1n) is 4.18. The second kappa shape index (κ2) is 3.48. The first-order valence-corrected chi connectivity index (χ1v) is 4.56. The van der Waals surface area contributed by atoms with Crippen molar-refractivity contribution in [1.29, 1.82) is 0 Å². The minimum absolute atomic E-state index is 0.00506. The van der Waals surface area contributed by atoms with Crippen molar-refractivity contribution in [1.82, 2.24) is 9.38 Å². The Morgan fingerprint density at radius 2 is 2.21 bits per heavy atom. The maximum atomic E-state index is 9.28. The summed E-state index contributed by atoms with van der Waals surface area (Å²) in [5, 5.41) is 18.5. The molecule has 2 aromatic rings. The summed E-state index contributed by atoms with van der Waals surface area (Å²) in [7, 11) is 0. The first-order chi connectivity index (χ1) is 6.72. The van der Waals surface area contributed by atoms with Crippen LogP contribution in [0.15, 0.2) is 18.3 Å². The van der Waals surface area contributed by atoms with Crippen LogP contribution in [-0.2, 0) is 6.42 Å². The van der Waals surface area contributed by atoms with E-state index in [0.717, 1.165) is 5.52 Å². The molecule has 0 aliphatic heterocycles. The average Bonchev–Trinajstić information content (AvgIpc) is 2.44. The summed E-state index contributed by atoms with van der Waals surface area (Å²) in [6.45, 7) is 0.00506. The Balaban J connectivity index is 2.66. The Hall–Kier alpha value is -1.26. The number of nitrogens with zero attached hydrogens (tertiary/aromatic N) is 2. The van der Waals surface area contributed by atoms with Crippen molar-refractivity contribution in [3.8, 4) is 5.75 Å². The van der Waals surface area contributed by atoms with Crippen molar-refractivity contribution in [2.75, 3.05) is 6.61 Å². The van der Waals surface area contributed by atoms with E-state index in [1.807, 2.05) is 0 Å². The van der Waals surface area contributed by atoms with Gasteiger partial charge in [0, 0.05) is 6.42 Å². The van der Waals surface area contributed by atoms with Crippen molar-refractivity contribution in [3.05, 3.63) is 29.3 Å². The third kappa shape index (κ3) is 1.42. The molecule has 0 atom stereocenters. The number of aromatic nitrogens is 2. The van der Waals surface area contributed by atoms with E-state index in [0.29, 0.717) is 17.4 Å². The van der Waals surface area contributed by atoms with Gasteiger partial charge in [0.25, 0.3) is 0 Å². The highest BCUT2D eigenvalue weighted by atomic mass is 35.5. The Morgan fingerprint density at radius 3 is 2.93 bits per heavy atom. The first kappa shape index (κ1) is 9.30. The highest BCUT2D eigenvalue weighted by Gasteiger charge is 2.08. The highest BCUT2D eigenvalue weighted by molar-refractivity contribution is 6.32. The van der Waals surface area contributed by atoms with E-state index in [1.165, 1.54) is 6.20 Å². The lowest BCUT2D eigenvalue weighted by molar-refractivity contribution is 0.296. The van der Waals surface area contributed by atoms with Crippen LogP contribution < -0.4 is 0 Å². The second-order valence-electron chi connectivity index (χ2n) is 2.93. The molecule has 2 heterocycles. The molecule has 14 heavy (non-hydrogen) atoms. The van der Waals surface area contributed by atoms with Gasteiger partial charge in [-0.2, -0.15) is 0 Å². The van der Waals surface area contributed by atoms with Gasteiger partial charge in [0.15, 0.2) is 5.15 Å². The Labute approximate surface area is 85.4 Å². The fourth-order valence-electron chi connectivity index (χ4n) is 1.37. The van der Waals surface area contributed by atoms with Crippen LogP contribution in [-0.4, -0.2) is 26.2 Å². The van der Waals surface area contributed by atoms with Gasteiger partial charge in [-0.25, -0.2) is 4.98 Å². The van der Waals surface area contributed by atoms with Gasteiger partial charge >= 0.3 is 0 Å². The van der Waals surface area contributed by atoms with E-state index in [9.17, 15) is 5.11 Å². The standard InChI is InChI=1S/C9H9ClN2O2/c10-9-7-2-1-6(14)5-12(7)8(11-9)3-4-13/h1-2,5,13-14H,3-4H2. The van der Waals surface area contributed by atoms with Crippen molar-refractivity contribution in [3.63, 3.8) is 0 Å². The minimum Gasteiger partial charge on any atom is -0.506 e. The number of hydrogen-bond donors (Lipinski definition) is 2. The summed E-state index contributed by atoms with van der Waals surface area (Å²) >= 11 is 5.87. The molecule has 0 fully saturated rings. The van der Waals surface area contributed by atoms with E-state index >= 15 is 0 Å². The third-order valence-corrected chi connectivity index (χ3v) is 2.26. The quantitative estimate of drug-likeness (QED) is 0.787. The van der Waals surface area contributed by atoms with Crippen molar-refractivity contribution >= 4 is 17.1 Å². The maximum Gasteiger partial charge on any atom is 0.155 e. The van der Waals surface area contributed by atoms with Crippen LogP contribution in [0.3, 0.4) is 0 Å². The predicted octanol–water partition coefficient (Wildman–Crippen LogP) is 1.23. The molecule has 2 rings (SSSR count). The molecule has 2 N–H and O–H groups in total. The molecule has 0 aliphatic carbocycles. The number of aromatic hydroxyl groups is 1. The molecule has 74 valence electrons. The molecule has 0 spiro atoms. The monoisotopic (exact) mass is 212 g/mol. The van der Waals surface area contributed by atoms with Crippen LogP contribution in [0.1, 0.15) is 5.82 Å². The fraction of sp³-hybridized carbons (Fsp3) is 0.222. The van der Waals surface area contributed by atoms with Crippen molar-refractivity contribution < 1.29 is 10.2 Å². The predicted molar refractivity (Wildman–Crippen MR) is 52.7 cm³/mol. The van der Waals surface area contributed by atoms with E-state index in [4.69, 9.17) is 16.7 Å². The zero-order chi connectivity index (χ0) is 10.1. The summed E-state index contributed by atoms with van der Waals surface area (Å²) in [4.78, 5) is 4.08. The molecular weight excluding hydrogens is 204 g/mol. The molecular formula is C9H9ClN2O2. The van der Waals surface area contributed by atoms with Gasteiger partial charge in [-0.1, -0.05) is 11.6 Å². The molecule has 5 heteroatoms. The van der Waals surface area contributed by atoms with Crippen LogP contribution in [0.25, 0.3) is 5.52 Å². The van der Waals surface area contributed by atoms with E-state index in [2.05, 4.69) is 4.98 Å². The highest BCUT2D eigenvalue weighted by Crippen LogP contribution is 2.21. The van der Waals surface area contributed by atoms with Gasteiger partial charge in [-0.3, -0.25) is 4.40 Å². The summed E-state index contributed by atoms with van der Waals surface area (Å²) in [6.07, 6.45) is 1.94. The lowest BCUT2D eigenvalue weighted by Crippen LogP contribution is -1.97. The number of rotatable bonds is 2. The zero-order valence-corrected chi connectivity index (χ0v) is 8.07. The topological polar surface area (TPSA) is 57.8 Å². The minimum atomic E-state index is 0.00506. The summed E-state index contributed by atoms with van der Waals surface area (Å²) in [5.74, 6) is 0.786. The molecule has 2 aromatic heterocycles. The number of hydrogen-bond acceptors (Lipinski definition) is 3. The lowest BCUT2D eigenvalue weighted by atomic mass is 10.4. The van der Waals surface area contributed by atoms with Crippen LogP contribution in [0.4, 0.5) is 0 Å². The van der Waals surface area contributed by atoms with E-state index in [1.54, 1.807) is 16.5 Å². The van der Waals surface area contributed by atoms with Gasteiger partial charge < -0.3 is 10.2 Å². The normalized spacial score (nSPS) is 11.0. The van der Waals surface area contributed by atoms with Gasteiger partial charge in [0.1, 0.15) is 11.6 Å². The van der Waals surface area contributed by atoms with Gasteiger partial charge in [0.05, 0.1) is 18.3 Å². The molecule has 0 aliphatic rings.